The molecule has 1 amide bonds. The Morgan fingerprint density at radius 3 is 1.98 bits per heavy atom. The Bertz CT molecular complexity index is 1650. The van der Waals surface area contributed by atoms with Gasteiger partial charge in [-0.3, -0.25) is 4.79 Å². The van der Waals surface area contributed by atoms with Crippen molar-refractivity contribution in [1.29, 1.82) is 0 Å². The molecule has 0 fully saturated rings. The molecule has 3 N–H and O–H groups in total. The van der Waals surface area contributed by atoms with E-state index in [2.05, 4.69) is 10.2 Å². The molecule has 0 aliphatic rings. The number of aliphatic hydroxyl groups is 2. The van der Waals surface area contributed by atoms with E-state index < -0.39 is 42.1 Å². The van der Waals surface area contributed by atoms with Gasteiger partial charge in [0.1, 0.15) is 17.3 Å². The quantitative estimate of drug-likeness (QED) is 0.0538. The minimum atomic E-state index is -1.43. The number of nitrogens with one attached hydrogen (secondary N) is 1. The van der Waals surface area contributed by atoms with Crippen LogP contribution in [0.4, 0.5) is 14.5 Å². The SMILES string of the molecule is COOSCc1ccc(NC(=O)c2c(-c3ccc(F)cc3)c(-c3ccc(F)cc3)c(CC[C@@H](O)C[C@@H](O)CC(=O)[O-])n2C(C)C)cc1.[Na+]. The molecule has 4 aromatic rings. The molecule has 250 valence electrons. The monoisotopic (exact) mass is 690 g/mol. The zero-order valence-corrected chi connectivity index (χ0v) is 30.1. The minimum absolute atomic E-state index is 0. The Hall–Kier alpha value is -3.07. The Kier molecular flexibility index (Phi) is 15.3. The first-order chi connectivity index (χ1) is 22.5. The number of carbonyl (C=O) groups excluding carboxylic acids is 2. The van der Waals surface area contributed by atoms with Crippen LogP contribution < -0.4 is 40.0 Å². The molecule has 0 spiro atoms. The van der Waals surface area contributed by atoms with Crippen LogP contribution in [0.15, 0.2) is 72.8 Å². The van der Waals surface area contributed by atoms with Crippen molar-refractivity contribution in [2.45, 2.75) is 63.5 Å². The van der Waals surface area contributed by atoms with E-state index in [0.717, 1.165) is 17.6 Å². The van der Waals surface area contributed by atoms with Crippen LogP contribution in [0.2, 0.25) is 0 Å². The van der Waals surface area contributed by atoms with Gasteiger partial charge in [0, 0.05) is 58.7 Å². The fourth-order valence-electron chi connectivity index (χ4n) is 5.53. The van der Waals surface area contributed by atoms with Gasteiger partial charge in [0.2, 0.25) is 0 Å². The minimum Gasteiger partial charge on any atom is -0.550 e. The first-order valence-corrected chi connectivity index (χ1v) is 16.0. The number of hydrogen-bond acceptors (Lipinski definition) is 8. The normalized spacial score (nSPS) is 12.4. The number of aromatic nitrogens is 1. The van der Waals surface area contributed by atoms with Crippen LogP contribution in [-0.2, 0) is 26.2 Å². The third-order valence-electron chi connectivity index (χ3n) is 7.52. The third kappa shape index (κ3) is 10.5. The number of nitrogens with zero attached hydrogens (tertiary/aromatic N) is 1. The number of carbonyl (C=O) groups is 2. The molecule has 4 rings (SSSR count). The predicted molar refractivity (Wildman–Crippen MR) is 174 cm³/mol. The fraction of sp³-hybridized carbons (Fsp3) is 0.314. The van der Waals surface area contributed by atoms with E-state index >= 15 is 0 Å². The summed E-state index contributed by atoms with van der Waals surface area (Å²) in [7, 11) is 1.42. The fourth-order valence-corrected chi connectivity index (χ4v) is 6.00. The van der Waals surface area contributed by atoms with Crippen LogP contribution in [0.3, 0.4) is 0 Å². The number of hydrogen-bond donors (Lipinski definition) is 3. The summed E-state index contributed by atoms with van der Waals surface area (Å²) in [5.41, 5.74) is 4.63. The van der Waals surface area contributed by atoms with E-state index in [1.807, 2.05) is 30.5 Å². The Morgan fingerprint density at radius 2 is 1.46 bits per heavy atom. The first-order valence-electron chi connectivity index (χ1n) is 15.1. The summed E-state index contributed by atoms with van der Waals surface area (Å²) in [6.45, 7) is 3.80. The second-order valence-electron chi connectivity index (χ2n) is 11.3. The molecule has 48 heavy (non-hydrogen) atoms. The standard InChI is InChI=1S/C35H38F2N2O7S.Na/c1-21(2)39-30(17-16-28(40)18-29(41)19-31(42)43)32(23-6-10-25(36)11-7-23)33(24-8-12-26(37)13-9-24)34(39)35(44)38-27-14-4-22(5-15-27)20-47-46-45-3;/h4-15,21,28-29,40-41H,16-20H2,1-3H3,(H,38,44)(H,42,43);/q;+1/p-1/t28-,29-;/m1./s1. The maximum Gasteiger partial charge on any atom is 1.00 e. The summed E-state index contributed by atoms with van der Waals surface area (Å²) in [6.07, 6.45) is -2.84. The van der Waals surface area contributed by atoms with Gasteiger partial charge in [-0.1, -0.05) is 36.4 Å². The molecule has 1 heterocycles. The van der Waals surface area contributed by atoms with Crippen molar-refractivity contribution in [3.63, 3.8) is 0 Å². The number of carboxylic acid groups (broad SMARTS) is 1. The van der Waals surface area contributed by atoms with Crippen molar-refractivity contribution in [2.24, 2.45) is 0 Å². The Morgan fingerprint density at radius 1 is 0.896 bits per heavy atom. The van der Waals surface area contributed by atoms with E-state index in [1.54, 1.807) is 36.4 Å². The van der Waals surface area contributed by atoms with Gasteiger partial charge in [-0.15, -0.1) is 0 Å². The third-order valence-corrected chi connectivity index (χ3v) is 8.20. The van der Waals surface area contributed by atoms with Crippen molar-refractivity contribution in [1.82, 2.24) is 4.57 Å². The van der Waals surface area contributed by atoms with E-state index in [1.165, 1.54) is 31.4 Å². The van der Waals surface area contributed by atoms with E-state index in [9.17, 15) is 33.7 Å². The van der Waals surface area contributed by atoms with E-state index in [0.29, 0.717) is 39.4 Å². The average Bonchev–Trinajstić information content (AvgIpc) is 3.37. The van der Waals surface area contributed by atoms with Crippen LogP contribution in [0.25, 0.3) is 22.3 Å². The second-order valence-corrected chi connectivity index (χ2v) is 12.0. The van der Waals surface area contributed by atoms with Gasteiger partial charge in [0.15, 0.2) is 0 Å². The summed E-state index contributed by atoms with van der Waals surface area (Å²) in [4.78, 5) is 29.8. The first kappa shape index (κ1) is 39.4. The topological polar surface area (TPSA) is 133 Å². The molecule has 0 saturated carbocycles. The molecule has 3 aromatic carbocycles. The molecule has 0 saturated heterocycles. The summed E-state index contributed by atoms with van der Waals surface area (Å²) in [5.74, 6) is -2.26. The van der Waals surface area contributed by atoms with Gasteiger partial charge in [0.25, 0.3) is 5.91 Å². The maximum absolute atomic E-state index is 14.3. The van der Waals surface area contributed by atoms with Crippen molar-refractivity contribution in [3.05, 3.63) is 101 Å². The van der Waals surface area contributed by atoms with Gasteiger partial charge in [-0.25, -0.2) is 13.7 Å². The number of aliphatic hydroxyl groups excluding tert-OH is 2. The summed E-state index contributed by atoms with van der Waals surface area (Å²) < 4.78 is 34.9. The zero-order chi connectivity index (χ0) is 34.1. The Labute approximate surface area is 304 Å². The van der Waals surface area contributed by atoms with Crippen LogP contribution in [0, 0.1) is 11.6 Å². The smallest absolute Gasteiger partial charge is 0.550 e. The summed E-state index contributed by atoms with van der Waals surface area (Å²) in [5, 5.41) is 34.7. The van der Waals surface area contributed by atoms with Crippen molar-refractivity contribution in [2.75, 3.05) is 12.4 Å². The molecule has 0 radical (unpaired) electrons. The molecule has 13 heteroatoms. The molecule has 0 bridgehead atoms. The molecule has 0 aliphatic carbocycles. The number of amides is 1. The molecule has 2 atom stereocenters. The van der Waals surface area contributed by atoms with Crippen molar-refractivity contribution in [3.8, 4) is 22.3 Å². The van der Waals surface area contributed by atoms with Gasteiger partial charge >= 0.3 is 29.6 Å². The van der Waals surface area contributed by atoms with E-state index in [-0.39, 0.29) is 60.6 Å². The molecular formula is C35H37F2N2NaO7S. The maximum atomic E-state index is 14.3. The van der Waals surface area contributed by atoms with Crippen molar-refractivity contribution < 1.29 is 72.5 Å². The van der Waals surface area contributed by atoms with Gasteiger partial charge < -0.3 is 30.0 Å². The van der Waals surface area contributed by atoms with E-state index in [4.69, 9.17) is 4.33 Å². The predicted octanol–water partition coefficient (Wildman–Crippen LogP) is 2.85. The second kappa shape index (κ2) is 18.6. The molecule has 1 aromatic heterocycles. The summed E-state index contributed by atoms with van der Waals surface area (Å²) in [6, 6.07) is 18.5. The number of halogens is 2. The molecule has 0 aliphatic heterocycles. The van der Waals surface area contributed by atoms with Crippen LogP contribution in [-0.4, -0.2) is 46.0 Å². The van der Waals surface area contributed by atoms with Gasteiger partial charge in [-0.05, 0) is 86.2 Å². The number of benzene rings is 3. The summed E-state index contributed by atoms with van der Waals surface area (Å²) >= 11 is 1.12. The van der Waals surface area contributed by atoms with Crippen LogP contribution >= 0.6 is 12.0 Å². The Balaban J connectivity index is 0.00000625. The number of rotatable bonds is 16. The number of aliphatic carboxylic acids is 1. The molecular weight excluding hydrogens is 653 g/mol. The van der Waals surface area contributed by atoms with Crippen LogP contribution in [0.1, 0.15) is 60.9 Å². The zero-order valence-electron chi connectivity index (χ0n) is 27.2. The molecule has 0 unspecified atom stereocenters. The number of carboxylic acids is 1. The van der Waals surface area contributed by atoms with Gasteiger partial charge in [-0.2, -0.15) is 4.33 Å². The number of anilines is 1. The van der Waals surface area contributed by atoms with Gasteiger partial charge in [0.05, 0.1) is 19.3 Å². The molecule has 9 nitrogen and oxygen atoms in total. The van der Waals surface area contributed by atoms with Crippen molar-refractivity contribution >= 4 is 29.6 Å². The average molecular weight is 691 g/mol. The van der Waals surface area contributed by atoms with Crippen LogP contribution in [0.5, 0.6) is 0 Å². The largest absolute Gasteiger partial charge is 1.00 e.